The van der Waals surface area contributed by atoms with Gasteiger partial charge in [-0.15, -0.1) is 0 Å². The average Bonchev–Trinajstić information content (AvgIpc) is 3.57. The fourth-order valence-electron chi connectivity index (χ4n) is 4.04. The maximum Gasteiger partial charge on any atom is 0.270 e. The number of nitrogens with one attached hydrogen (secondary N) is 1. The smallest absolute Gasteiger partial charge is 0.270 e. The summed E-state index contributed by atoms with van der Waals surface area (Å²) in [6, 6.07) is 9.79. The summed E-state index contributed by atoms with van der Waals surface area (Å²) < 4.78 is 25.3. The van der Waals surface area contributed by atoms with Gasteiger partial charge in [0.25, 0.3) is 17.4 Å². The van der Waals surface area contributed by atoms with Crippen LogP contribution in [0.4, 0.5) is 0 Å². The van der Waals surface area contributed by atoms with Crippen LogP contribution in [0.15, 0.2) is 41.2 Å². The van der Waals surface area contributed by atoms with Crippen LogP contribution < -0.4 is 10.9 Å². The number of rotatable bonds is 7. The Morgan fingerprint density at radius 2 is 1.78 bits per heavy atom. The Morgan fingerprint density at radius 3 is 2.41 bits per heavy atom. The third-order valence-corrected chi connectivity index (χ3v) is 9.08. The Balaban J connectivity index is 1.49. The van der Waals surface area contributed by atoms with Gasteiger partial charge in [0.05, 0.1) is 4.75 Å². The molecule has 0 bridgehead atoms. The molecule has 1 fully saturated rings. The molecule has 2 aromatic rings. The fourth-order valence-corrected chi connectivity index (χ4v) is 5.85. The summed E-state index contributed by atoms with van der Waals surface area (Å²) in [5.41, 5.74) is 0.422. The molecule has 2 amide bonds. The predicted octanol–water partition coefficient (Wildman–Crippen LogP) is 1.85. The van der Waals surface area contributed by atoms with Crippen LogP contribution >= 0.6 is 11.6 Å². The van der Waals surface area contributed by atoms with Crippen LogP contribution in [0, 0.1) is 0 Å². The maximum absolute atomic E-state index is 13.0. The normalized spacial score (nSPS) is 17.1. The largest absolute Gasteiger partial charge is 0.348 e. The standard InChI is InChI=1S/C22H24ClN3O5S/c1-2-32(30,31)22(9-10-22)14-25-11-12-26-18(21(25)29)8-7-17(20(26)28)19(27)24-13-15-3-5-16(23)6-4-15/h3-8H,2,9-14H2,1H3,(H,24,27). The molecule has 8 nitrogen and oxygen atoms in total. The lowest BCUT2D eigenvalue weighted by atomic mass is 10.1. The fraction of sp³-hybridized carbons (Fsp3) is 0.409. The van der Waals surface area contributed by atoms with Crippen LogP contribution in [0.5, 0.6) is 0 Å². The summed E-state index contributed by atoms with van der Waals surface area (Å²) >= 11 is 5.86. The van der Waals surface area contributed by atoms with E-state index in [0.717, 1.165) is 5.56 Å². The highest BCUT2D eigenvalue weighted by molar-refractivity contribution is 7.93. The number of fused-ring (bicyclic) bond motifs is 1. The molecule has 2 heterocycles. The van der Waals surface area contributed by atoms with Crippen molar-refractivity contribution in [1.82, 2.24) is 14.8 Å². The van der Waals surface area contributed by atoms with Crippen molar-refractivity contribution in [1.29, 1.82) is 0 Å². The second-order valence-electron chi connectivity index (χ2n) is 8.21. The molecule has 1 aliphatic carbocycles. The molecule has 0 radical (unpaired) electrons. The summed E-state index contributed by atoms with van der Waals surface area (Å²) in [7, 11) is -3.27. The van der Waals surface area contributed by atoms with Crippen LogP contribution in [0.2, 0.25) is 5.02 Å². The van der Waals surface area contributed by atoms with Crippen molar-refractivity contribution in [2.75, 3.05) is 18.8 Å². The number of amides is 2. The number of hydrogen-bond donors (Lipinski definition) is 1. The molecular weight excluding hydrogens is 454 g/mol. The third kappa shape index (κ3) is 4.06. The van der Waals surface area contributed by atoms with E-state index >= 15 is 0 Å². The van der Waals surface area contributed by atoms with Gasteiger partial charge in [0, 0.05) is 37.0 Å². The van der Waals surface area contributed by atoms with Crippen molar-refractivity contribution in [3.05, 3.63) is 68.6 Å². The number of nitrogens with zero attached hydrogens (tertiary/aromatic N) is 2. The quantitative estimate of drug-likeness (QED) is 0.655. The average molecular weight is 478 g/mol. The van der Waals surface area contributed by atoms with E-state index in [2.05, 4.69) is 5.32 Å². The Kier molecular flexibility index (Phi) is 5.89. The number of carbonyl (C=O) groups excluding carboxylic acids is 2. The third-order valence-electron chi connectivity index (χ3n) is 6.21. The van der Waals surface area contributed by atoms with Crippen molar-refractivity contribution < 1.29 is 18.0 Å². The van der Waals surface area contributed by atoms with Crippen molar-refractivity contribution in [2.45, 2.75) is 37.6 Å². The second-order valence-corrected chi connectivity index (χ2v) is 11.3. The van der Waals surface area contributed by atoms with Gasteiger partial charge in [-0.05, 0) is 42.7 Å². The molecule has 4 rings (SSSR count). The lowest BCUT2D eigenvalue weighted by Gasteiger charge is -2.32. The molecule has 0 saturated heterocycles. The monoisotopic (exact) mass is 477 g/mol. The Morgan fingerprint density at radius 1 is 1.09 bits per heavy atom. The van der Waals surface area contributed by atoms with Gasteiger partial charge in [-0.1, -0.05) is 30.7 Å². The van der Waals surface area contributed by atoms with Crippen molar-refractivity contribution in [3.8, 4) is 0 Å². The van der Waals surface area contributed by atoms with Crippen LogP contribution in [0.3, 0.4) is 0 Å². The number of hydrogen-bond acceptors (Lipinski definition) is 5. The molecule has 10 heteroatoms. The van der Waals surface area contributed by atoms with Gasteiger partial charge in [-0.25, -0.2) is 8.42 Å². The zero-order valence-corrected chi connectivity index (χ0v) is 19.2. The number of carbonyl (C=O) groups is 2. The molecule has 170 valence electrons. The van der Waals surface area contributed by atoms with E-state index < -0.39 is 26.1 Å². The maximum atomic E-state index is 13.0. The highest BCUT2D eigenvalue weighted by Gasteiger charge is 2.55. The van der Waals surface area contributed by atoms with E-state index in [9.17, 15) is 22.8 Å². The molecule has 1 aromatic heterocycles. The molecule has 0 spiro atoms. The van der Waals surface area contributed by atoms with E-state index in [0.29, 0.717) is 17.9 Å². The van der Waals surface area contributed by atoms with Crippen molar-refractivity contribution in [2.24, 2.45) is 0 Å². The minimum Gasteiger partial charge on any atom is -0.348 e. The van der Waals surface area contributed by atoms with E-state index in [4.69, 9.17) is 11.6 Å². The highest BCUT2D eigenvalue weighted by atomic mass is 35.5. The van der Waals surface area contributed by atoms with E-state index in [1.807, 2.05) is 0 Å². The van der Waals surface area contributed by atoms with Crippen LogP contribution in [-0.2, 0) is 22.9 Å². The Labute approximate surface area is 191 Å². The second kappa shape index (κ2) is 8.37. The summed E-state index contributed by atoms with van der Waals surface area (Å²) in [6.45, 7) is 2.42. The highest BCUT2D eigenvalue weighted by Crippen LogP contribution is 2.45. The molecular formula is C22H24ClN3O5S. The van der Waals surface area contributed by atoms with Gasteiger partial charge in [0.15, 0.2) is 9.84 Å². The number of aromatic nitrogens is 1. The molecule has 0 atom stereocenters. The van der Waals surface area contributed by atoms with Gasteiger partial charge in [-0.3, -0.25) is 14.4 Å². The first kappa shape index (κ1) is 22.5. The molecule has 1 N–H and O–H groups in total. The topological polar surface area (TPSA) is 106 Å². The molecule has 0 unspecified atom stereocenters. The molecule has 1 saturated carbocycles. The minimum atomic E-state index is -3.27. The summed E-state index contributed by atoms with van der Waals surface area (Å²) in [5.74, 6) is -0.875. The van der Waals surface area contributed by atoms with Gasteiger partial charge >= 0.3 is 0 Å². The number of pyridine rings is 1. The predicted molar refractivity (Wildman–Crippen MR) is 121 cm³/mol. The number of halogens is 1. The SMILES string of the molecule is CCS(=O)(=O)C1(CN2CCn3c(ccc(C(=O)NCc4ccc(Cl)cc4)c3=O)C2=O)CC1. The van der Waals surface area contributed by atoms with Gasteiger partial charge in [0.2, 0.25) is 0 Å². The summed E-state index contributed by atoms with van der Waals surface area (Å²) in [6.07, 6.45) is 1.10. The van der Waals surface area contributed by atoms with Crippen molar-refractivity contribution >= 4 is 33.3 Å². The minimum absolute atomic E-state index is 0.0412. The molecule has 32 heavy (non-hydrogen) atoms. The number of benzene rings is 1. The molecule has 1 aliphatic heterocycles. The zero-order valence-electron chi connectivity index (χ0n) is 17.6. The lowest BCUT2D eigenvalue weighted by molar-refractivity contribution is 0.0695. The first-order valence-corrected chi connectivity index (χ1v) is 12.5. The van der Waals surface area contributed by atoms with Crippen molar-refractivity contribution in [3.63, 3.8) is 0 Å². The zero-order chi connectivity index (χ0) is 23.1. The van der Waals surface area contributed by atoms with E-state index in [-0.39, 0.29) is 49.1 Å². The first-order chi connectivity index (χ1) is 15.2. The first-order valence-electron chi connectivity index (χ1n) is 10.5. The van der Waals surface area contributed by atoms with Crippen LogP contribution in [-0.4, -0.2) is 53.3 Å². The van der Waals surface area contributed by atoms with Crippen LogP contribution in [0.25, 0.3) is 0 Å². The summed E-state index contributed by atoms with van der Waals surface area (Å²) in [5, 5.41) is 3.30. The van der Waals surface area contributed by atoms with Crippen LogP contribution in [0.1, 0.15) is 46.2 Å². The Hall–Kier alpha value is -2.65. The van der Waals surface area contributed by atoms with Gasteiger partial charge in [0.1, 0.15) is 11.3 Å². The number of sulfone groups is 1. The molecule has 2 aliphatic rings. The lowest BCUT2D eigenvalue weighted by Crippen LogP contribution is -2.50. The van der Waals surface area contributed by atoms with E-state index in [1.54, 1.807) is 31.2 Å². The van der Waals surface area contributed by atoms with E-state index in [1.165, 1.54) is 21.6 Å². The molecule has 1 aromatic carbocycles. The van der Waals surface area contributed by atoms with Gasteiger partial charge < -0.3 is 14.8 Å². The Bertz CT molecular complexity index is 1230. The van der Waals surface area contributed by atoms with Gasteiger partial charge in [-0.2, -0.15) is 0 Å². The summed E-state index contributed by atoms with van der Waals surface area (Å²) in [4.78, 5) is 39.9.